The zero-order valence-corrected chi connectivity index (χ0v) is 10.9. The second-order valence-electron chi connectivity index (χ2n) is 3.56. The lowest BCUT2D eigenvalue weighted by molar-refractivity contribution is 0.0925. The molecule has 0 atom stereocenters. The van der Waals surface area contributed by atoms with Crippen LogP contribution in [0.2, 0.25) is 0 Å². The number of rotatable bonds is 4. The lowest BCUT2D eigenvalue weighted by atomic mass is 10.3. The third-order valence-electron chi connectivity index (χ3n) is 2.39. The highest BCUT2D eigenvalue weighted by molar-refractivity contribution is 9.10. The summed E-state index contributed by atoms with van der Waals surface area (Å²) in [6, 6.07) is 5.25. The largest absolute Gasteiger partial charge is 0.444 e. The summed E-state index contributed by atoms with van der Waals surface area (Å²) in [4.78, 5) is 11.6. The van der Waals surface area contributed by atoms with E-state index < -0.39 is 0 Å². The van der Waals surface area contributed by atoms with Gasteiger partial charge in [0.25, 0.3) is 5.91 Å². The highest BCUT2D eigenvalue weighted by atomic mass is 79.9. The average molecular weight is 298 g/mol. The number of amides is 1. The minimum Gasteiger partial charge on any atom is -0.444 e. The van der Waals surface area contributed by atoms with Gasteiger partial charge in [-0.1, -0.05) is 0 Å². The molecule has 1 N–H and O–H groups in total. The number of carbonyl (C=O) groups is 1. The van der Waals surface area contributed by atoms with E-state index in [-0.39, 0.29) is 5.91 Å². The van der Waals surface area contributed by atoms with E-state index in [2.05, 4.69) is 26.3 Å². The van der Waals surface area contributed by atoms with Crippen LogP contribution in [0.1, 0.15) is 16.2 Å². The highest BCUT2D eigenvalue weighted by Crippen LogP contribution is 2.13. The van der Waals surface area contributed by atoms with Crippen molar-refractivity contribution >= 4 is 21.8 Å². The molecule has 5 nitrogen and oxygen atoms in total. The Morgan fingerprint density at radius 2 is 2.35 bits per heavy atom. The van der Waals surface area contributed by atoms with Crippen molar-refractivity contribution in [1.82, 2.24) is 15.1 Å². The number of carbonyl (C=O) groups excluding carboxylic acids is 1. The lowest BCUT2D eigenvalue weighted by Crippen LogP contribution is -2.25. The average Bonchev–Trinajstić information content (AvgIpc) is 2.88. The van der Waals surface area contributed by atoms with Crippen LogP contribution in [0.4, 0.5) is 0 Å². The Balaban J connectivity index is 1.83. The summed E-state index contributed by atoms with van der Waals surface area (Å²) < 4.78 is 7.48. The zero-order chi connectivity index (χ0) is 12.3. The molecule has 0 radical (unpaired) electrons. The van der Waals surface area contributed by atoms with E-state index in [1.807, 2.05) is 13.1 Å². The second kappa shape index (κ2) is 5.18. The zero-order valence-electron chi connectivity index (χ0n) is 9.31. The summed E-state index contributed by atoms with van der Waals surface area (Å²) in [6.45, 7) is 0.552. The Labute approximate surface area is 107 Å². The van der Waals surface area contributed by atoms with Gasteiger partial charge in [-0.05, 0) is 34.1 Å². The van der Waals surface area contributed by atoms with Crippen LogP contribution in [0, 0.1) is 0 Å². The van der Waals surface area contributed by atoms with E-state index in [1.165, 1.54) is 0 Å². The normalized spacial score (nSPS) is 10.5. The van der Waals surface area contributed by atoms with Crippen molar-refractivity contribution in [2.75, 3.05) is 6.54 Å². The number of aryl methyl sites for hydroxylation is 1. The number of nitrogens with one attached hydrogen (secondary N) is 1. The lowest BCUT2D eigenvalue weighted by Gasteiger charge is -2.03. The van der Waals surface area contributed by atoms with Gasteiger partial charge in [-0.15, -0.1) is 0 Å². The third-order valence-corrected chi connectivity index (χ3v) is 2.81. The van der Waals surface area contributed by atoms with Crippen molar-refractivity contribution in [2.24, 2.45) is 7.05 Å². The second-order valence-corrected chi connectivity index (χ2v) is 4.34. The van der Waals surface area contributed by atoms with Crippen LogP contribution < -0.4 is 5.32 Å². The Morgan fingerprint density at radius 1 is 1.53 bits per heavy atom. The molecule has 0 unspecified atom stereocenters. The van der Waals surface area contributed by atoms with Crippen LogP contribution in [0.15, 0.2) is 33.5 Å². The molecule has 0 spiro atoms. The van der Waals surface area contributed by atoms with Crippen molar-refractivity contribution in [3.05, 3.63) is 40.5 Å². The van der Waals surface area contributed by atoms with Gasteiger partial charge >= 0.3 is 0 Å². The van der Waals surface area contributed by atoms with E-state index >= 15 is 0 Å². The molecule has 0 aromatic carbocycles. The van der Waals surface area contributed by atoms with Crippen molar-refractivity contribution in [3.63, 3.8) is 0 Å². The maximum Gasteiger partial charge on any atom is 0.287 e. The van der Waals surface area contributed by atoms with Gasteiger partial charge in [-0.25, -0.2) is 0 Å². The van der Waals surface area contributed by atoms with Crippen LogP contribution in [-0.4, -0.2) is 22.2 Å². The Kier molecular flexibility index (Phi) is 3.63. The number of halogens is 1. The van der Waals surface area contributed by atoms with E-state index in [1.54, 1.807) is 23.0 Å². The fraction of sp³-hybridized carbons (Fsp3) is 0.273. The maximum absolute atomic E-state index is 11.6. The molecule has 17 heavy (non-hydrogen) atoms. The molecule has 2 heterocycles. The van der Waals surface area contributed by atoms with E-state index in [4.69, 9.17) is 4.42 Å². The summed E-state index contributed by atoms with van der Waals surface area (Å²) in [5.74, 6) is 0.0970. The van der Waals surface area contributed by atoms with Crippen molar-refractivity contribution < 1.29 is 9.21 Å². The van der Waals surface area contributed by atoms with Crippen LogP contribution in [0.5, 0.6) is 0 Å². The number of hydrogen-bond donors (Lipinski definition) is 1. The van der Waals surface area contributed by atoms with Crippen molar-refractivity contribution in [2.45, 2.75) is 6.42 Å². The molecular formula is C11H12BrN3O2. The standard InChI is InChI=1S/C11H12BrN3O2/c1-15-8(5-7-14-15)4-6-13-11(16)9-2-3-10(12)17-9/h2-3,5,7H,4,6H2,1H3,(H,13,16). The molecule has 0 fully saturated rings. The van der Waals surface area contributed by atoms with Crippen molar-refractivity contribution in [1.29, 1.82) is 0 Å². The molecule has 2 rings (SSSR count). The molecule has 2 aromatic rings. The van der Waals surface area contributed by atoms with Crippen LogP contribution in [-0.2, 0) is 13.5 Å². The number of aromatic nitrogens is 2. The molecule has 2 aromatic heterocycles. The smallest absolute Gasteiger partial charge is 0.287 e. The topological polar surface area (TPSA) is 60.1 Å². The van der Waals surface area contributed by atoms with Crippen molar-refractivity contribution in [3.8, 4) is 0 Å². The molecule has 0 aliphatic carbocycles. The Bertz CT molecular complexity index is 518. The third kappa shape index (κ3) is 2.97. The maximum atomic E-state index is 11.6. The first kappa shape index (κ1) is 11.9. The molecule has 90 valence electrons. The number of hydrogen-bond acceptors (Lipinski definition) is 3. The van der Waals surface area contributed by atoms with E-state index in [0.717, 1.165) is 12.1 Å². The van der Waals surface area contributed by atoms with Gasteiger partial charge in [0.15, 0.2) is 10.4 Å². The van der Waals surface area contributed by atoms with Gasteiger partial charge in [0.2, 0.25) is 0 Å². The first-order chi connectivity index (χ1) is 8.16. The van der Waals surface area contributed by atoms with Gasteiger partial charge in [-0.3, -0.25) is 9.48 Å². The molecule has 0 aliphatic rings. The number of nitrogens with zero attached hydrogens (tertiary/aromatic N) is 2. The van der Waals surface area contributed by atoms with Crippen LogP contribution >= 0.6 is 15.9 Å². The summed E-state index contributed by atoms with van der Waals surface area (Å²) in [5, 5.41) is 6.84. The van der Waals surface area contributed by atoms with Gasteiger partial charge in [0.05, 0.1) is 0 Å². The molecular weight excluding hydrogens is 286 g/mol. The minimum atomic E-state index is -0.210. The summed E-state index contributed by atoms with van der Waals surface area (Å²) in [7, 11) is 1.88. The molecule has 0 bridgehead atoms. The Morgan fingerprint density at radius 3 is 2.94 bits per heavy atom. The van der Waals surface area contributed by atoms with E-state index in [9.17, 15) is 4.79 Å². The minimum absolute atomic E-state index is 0.210. The van der Waals surface area contributed by atoms with Gasteiger partial charge in [0, 0.05) is 31.9 Å². The quantitative estimate of drug-likeness (QED) is 0.935. The van der Waals surface area contributed by atoms with Crippen LogP contribution in [0.3, 0.4) is 0 Å². The van der Waals surface area contributed by atoms with Gasteiger partial charge in [0.1, 0.15) is 0 Å². The first-order valence-electron chi connectivity index (χ1n) is 5.17. The van der Waals surface area contributed by atoms with Gasteiger partial charge < -0.3 is 9.73 Å². The Hall–Kier alpha value is -1.56. The predicted molar refractivity (Wildman–Crippen MR) is 65.7 cm³/mol. The SMILES string of the molecule is Cn1nccc1CCNC(=O)c1ccc(Br)o1. The molecule has 0 saturated carbocycles. The van der Waals surface area contributed by atoms with E-state index in [0.29, 0.717) is 17.0 Å². The monoisotopic (exact) mass is 297 g/mol. The summed E-state index contributed by atoms with van der Waals surface area (Å²) in [5.41, 5.74) is 1.07. The fourth-order valence-corrected chi connectivity index (χ4v) is 1.78. The summed E-state index contributed by atoms with van der Waals surface area (Å²) in [6.07, 6.45) is 2.48. The molecule has 0 aliphatic heterocycles. The molecule has 6 heteroatoms. The van der Waals surface area contributed by atoms with Gasteiger partial charge in [-0.2, -0.15) is 5.10 Å². The summed E-state index contributed by atoms with van der Waals surface area (Å²) >= 11 is 3.15. The first-order valence-corrected chi connectivity index (χ1v) is 5.96. The number of furan rings is 1. The van der Waals surface area contributed by atoms with Crippen LogP contribution in [0.25, 0.3) is 0 Å². The highest BCUT2D eigenvalue weighted by Gasteiger charge is 2.09. The fourth-order valence-electron chi connectivity index (χ4n) is 1.47. The predicted octanol–water partition coefficient (Wildman–Crippen LogP) is 1.75. The molecule has 0 saturated heterocycles. The molecule has 1 amide bonds.